The standard InChI is InChI=1S/C31H30BrNO3/c1-3-4-5-6-7-22-9-11-23(12-10-22)29-19-27(26-18-21(2)8-17-28(26)33-29)31(35)36-20-30(34)24-13-15-25(32)16-14-24/h8-19H,3-7,20H2,1-2H3. The van der Waals surface area contributed by atoms with Gasteiger partial charge in [-0.1, -0.05) is 90.1 Å². The molecule has 0 aliphatic rings. The number of halogens is 1. The molecule has 0 bridgehead atoms. The molecule has 3 aromatic carbocycles. The summed E-state index contributed by atoms with van der Waals surface area (Å²) in [6.45, 7) is 3.87. The number of esters is 1. The highest BCUT2D eigenvalue weighted by Crippen LogP contribution is 2.27. The van der Waals surface area contributed by atoms with Gasteiger partial charge in [-0.15, -0.1) is 0 Å². The van der Waals surface area contributed by atoms with Crippen molar-refractivity contribution in [2.75, 3.05) is 6.61 Å². The van der Waals surface area contributed by atoms with Gasteiger partial charge in [0.15, 0.2) is 12.4 Å². The molecule has 184 valence electrons. The normalized spacial score (nSPS) is 11.0. The molecule has 1 heterocycles. The Bertz CT molecular complexity index is 1360. The van der Waals surface area contributed by atoms with Crippen LogP contribution in [-0.4, -0.2) is 23.3 Å². The predicted octanol–water partition coefficient (Wildman–Crippen LogP) is 8.14. The van der Waals surface area contributed by atoms with Crippen molar-refractivity contribution in [1.82, 2.24) is 4.98 Å². The number of ether oxygens (including phenoxy) is 1. The number of Topliss-reactive ketones (excluding diaryl/α,β-unsaturated/α-hetero) is 1. The first-order valence-electron chi connectivity index (χ1n) is 12.4. The van der Waals surface area contributed by atoms with Crippen LogP contribution in [-0.2, 0) is 11.2 Å². The van der Waals surface area contributed by atoms with Gasteiger partial charge in [0, 0.05) is 21.0 Å². The number of carbonyl (C=O) groups is 2. The molecule has 0 N–H and O–H groups in total. The molecule has 36 heavy (non-hydrogen) atoms. The van der Waals surface area contributed by atoms with Crippen molar-refractivity contribution in [2.24, 2.45) is 0 Å². The third-order valence-electron chi connectivity index (χ3n) is 6.25. The number of unbranched alkanes of at least 4 members (excludes halogenated alkanes) is 3. The summed E-state index contributed by atoms with van der Waals surface area (Å²) in [4.78, 5) is 30.5. The van der Waals surface area contributed by atoms with Crippen molar-refractivity contribution in [3.8, 4) is 11.3 Å². The van der Waals surface area contributed by atoms with Gasteiger partial charge < -0.3 is 4.74 Å². The zero-order chi connectivity index (χ0) is 25.5. The van der Waals surface area contributed by atoms with Gasteiger partial charge in [-0.2, -0.15) is 0 Å². The summed E-state index contributed by atoms with van der Waals surface area (Å²) in [5, 5.41) is 0.715. The quantitative estimate of drug-likeness (QED) is 0.115. The lowest BCUT2D eigenvalue weighted by Gasteiger charge is -2.11. The summed E-state index contributed by atoms with van der Waals surface area (Å²) in [7, 11) is 0. The van der Waals surface area contributed by atoms with Gasteiger partial charge in [0.1, 0.15) is 0 Å². The number of hydrogen-bond acceptors (Lipinski definition) is 4. The van der Waals surface area contributed by atoms with Crippen LogP contribution in [0.3, 0.4) is 0 Å². The largest absolute Gasteiger partial charge is 0.454 e. The van der Waals surface area contributed by atoms with Gasteiger partial charge in [0.05, 0.1) is 16.8 Å². The van der Waals surface area contributed by atoms with Crippen molar-refractivity contribution >= 4 is 38.6 Å². The summed E-state index contributed by atoms with van der Waals surface area (Å²) < 4.78 is 6.35. The molecule has 0 saturated carbocycles. The van der Waals surface area contributed by atoms with Crippen molar-refractivity contribution in [3.63, 3.8) is 0 Å². The number of pyridine rings is 1. The minimum atomic E-state index is -0.535. The van der Waals surface area contributed by atoms with E-state index in [-0.39, 0.29) is 12.4 Å². The van der Waals surface area contributed by atoms with E-state index in [4.69, 9.17) is 9.72 Å². The zero-order valence-electron chi connectivity index (χ0n) is 20.7. The van der Waals surface area contributed by atoms with E-state index in [1.807, 2.05) is 25.1 Å². The molecule has 0 radical (unpaired) electrons. The number of ketones is 1. The smallest absolute Gasteiger partial charge is 0.339 e. The van der Waals surface area contributed by atoms with E-state index in [1.54, 1.807) is 30.3 Å². The minimum Gasteiger partial charge on any atom is -0.454 e. The summed E-state index contributed by atoms with van der Waals surface area (Å²) >= 11 is 3.36. The highest BCUT2D eigenvalue weighted by Gasteiger charge is 2.17. The molecular formula is C31H30BrNO3. The van der Waals surface area contributed by atoms with Crippen LogP contribution in [0.2, 0.25) is 0 Å². The van der Waals surface area contributed by atoms with Crippen LogP contribution in [0.4, 0.5) is 0 Å². The summed E-state index contributed by atoms with van der Waals surface area (Å²) in [6, 6.07) is 23.0. The maximum Gasteiger partial charge on any atom is 0.339 e. The van der Waals surface area contributed by atoms with E-state index in [0.717, 1.165) is 22.0 Å². The predicted molar refractivity (Wildman–Crippen MR) is 149 cm³/mol. The Morgan fingerprint density at radius 2 is 1.64 bits per heavy atom. The molecule has 0 aliphatic heterocycles. The van der Waals surface area contributed by atoms with Gasteiger partial charge in [-0.25, -0.2) is 9.78 Å². The molecule has 1 aromatic heterocycles. The Balaban J connectivity index is 1.57. The lowest BCUT2D eigenvalue weighted by Crippen LogP contribution is -2.15. The fourth-order valence-corrected chi connectivity index (χ4v) is 4.45. The molecule has 4 aromatic rings. The molecular weight excluding hydrogens is 514 g/mol. The Kier molecular flexibility index (Phi) is 8.65. The van der Waals surface area contributed by atoms with E-state index < -0.39 is 5.97 Å². The monoisotopic (exact) mass is 543 g/mol. The zero-order valence-corrected chi connectivity index (χ0v) is 22.3. The van der Waals surface area contributed by atoms with Gasteiger partial charge in [-0.3, -0.25) is 4.79 Å². The summed E-state index contributed by atoms with van der Waals surface area (Å²) in [5.41, 5.74) is 5.59. The number of aryl methyl sites for hydroxylation is 2. The van der Waals surface area contributed by atoms with Crippen LogP contribution in [0.15, 0.2) is 77.3 Å². The Labute approximate surface area is 220 Å². The minimum absolute atomic E-state index is 0.250. The second-order valence-corrected chi connectivity index (χ2v) is 10.0. The summed E-state index contributed by atoms with van der Waals surface area (Å²) in [5.74, 6) is -0.785. The van der Waals surface area contributed by atoms with Crippen molar-refractivity contribution in [3.05, 3.63) is 99.5 Å². The van der Waals surface area contributed by atoms with E-state index in [0.29, 0.717) is 27.7 Å². The molecule has 4 rings (SSSR count). The van der Waals surface area contributed by atoms with Gasteiger partial charge in [0.25, 0.3) is 0 Å². The van der Waals surface area contributed by atoms with Gasteiger partial charge in [-0.05, 0) is 55.7 Å². The molecule has 4 nitrogen and oxygen atoms in total. The van der Waals surface area contributed by atoms with Crippen LogP contribution in [0.1, 0.15) is 64.4 Å². The molecule has 5 heteroatoms. The highest BCUT2D eigenvalue weighted by atomic mass is 79.9. The first kappa shape index (κ1) is 25.8. The second-order valence-electron chi connectivity index (χ2n) is 9.09. The number of aromatic nitrogens is 1. The maximum absolute atomic E-state index is 13.2. The third kappa shape index (κ3) is 6.46. The van der Waals surface area contributed by atoms with Crippen molar-refractivity contribution < 1.29 is 14.3 Å². The molecule has 0 saturated heterocycles. The lowest BCUT2D eigenvalue weighted by atomic mass is 10.0. The number of carbonyl (C=O) groups excluding carboxylic acids is 2. The van der Waals surface area contributed by atoms with Crippen molar-refractivity contribution in [2.45, 2.75) is 46.0 Å². The maximum atomic E-state index is 13.2. The van der Waals surface area contributed by atoms with Gasteiger partial charge >= 0.3 is 5.97 Å². The van der Waals surface area contributed by atoms with Crippen LogP contribution >= 0.6 is 15.9 Å². The Morgan fingerprint density at radius 3 is 2.36 bits per heavy atom. The average molecular weight is 544 g/mol. The second kappa shape index (κ2) is 12.1. The molecule has 0 amide bonds. The average Bonchev–Trinajstić information content (AvgIpc) is 2.89. The van der Waals surface area contributed by atoms with Crippen LogP contribution in [0.5, 0.6) is 0 Å². The number of rotatable bonds is 10. The summed E-state index contributed by atoms with van der Waals surface area (Å²) in [6.07, 6.45) is 6.01. The molecule has 0 fully saturated rings. The van der Waals surface area contributed by atoms with Crippen LogP contribution in [0, 0.1) is 6.92 Å². The fraction of sp³-hybridized carbons (Fsp3) is 0.258. The van der Waals surface area contributed by atoms with Crippen LogP contribution in [0.25, 0.3) is 22.2 Å². The first-order chi connectivity index (χ1) is 17.4. The number of nitrogens with zero attached hydrogens (tertiary/aromatic N) is 1. The van der Waals surface area contributed by atoms with E-state index in [2.05, 4.69) is 47.1 Å². The third-order valence-corrected chi connectivity index (χ3v) is 6.78. The number of benzene rings is 3. The first-order valence-corrected chi connectivity index (χ1v) is 13.2. The molecule has 0 atom stereocenters. The highest BCUT2D eigenvalue weighted by molar-refractivity contribution is 9.10. The van der Waals surface area contributed by atoms with Crippen LogP contribution < -0.4 is 0 Å². The molecule has 0 spiro atoms. The number of hydrogen-bond donors (Lipinski definition) is 0. The van der Waals surface area contributed by atoms with E-state index in [1.165, 1.54) is 31.2 Å². The lowest BCUT2D eigenvalue weighted by molar-refractivity contribution is 0.0476. The van der Waals surface area contributed by atoms with E-state index in [9.17, 15) is 9.59 Å². The Hall–Kier alpha value is -3.31. The number of fused-ring (bicyclic) bond motifs is 1. The molecule has 0 aliphatic carbocycles. The van der Waals surface area contributed by atoms with Crippen molar-refractivity contribution in [1.29, 1.82) is 0 Å². The van der Waals surface area contributed by atoms with Gasteiger partial charge in [0.2, 0.25) is 0 Å². The topological polar surface area (TPSA) is 56.3 Å². The SMILES string of the molecule is CCCCCCc1ccc(-c2cc(C(=O)OCC(=O)c3ccc(Br)cc3)c3cc(C)ccc3n2)cc1. The fourth-order valence-electron chi connectivity index (χ4n) is 4.18. The Morgan fingerprint density at radius 1 is 0.889 bits per heavy atom. The molecule has 0 unspecified atom stereocenters. The van der Waals surface area contributed by atoms with E-state index >= 15 is 0 Å².